The van der Waals surface area contributed by atoms with Gasteiger partial charge in [-0.3, -0.25) is 4.79 Å². The summed E-state index contributed by atoms with van der Waals surface area (Å²) in [5, 5.41) is 7.09. The van der Waals surface area contributed by atoms with Crippen LogP contribution in [0.25, 0.3) is 0 Å². The lowest BCUT2D eigenvalue weighted by Crippen LogP contribution is -2.26. The predicted octanol–water partition coefficient (Wildman–Crippen LogP) is 1.81. The molecule has 3 rings (SSSR count). The highest BCUT2D eigenvalue weighted by atomic mass is 16.5. The fourth-order valence-corrected chi connectivity index (χ4v) is 1.70. The number of hydrogen-bond acceptors (Lipinski definition) is 3. The van der Waals surface area contributed by atoms with E-state index in [-0.39, 0.29) is 5.91 Å². The monoisotopic (exact) mass is 257 g/mol. The Morgan fingerprint density at radius 2 is 2.11 bits per heavy atom. The third-order valence-electron chi connectivity index (χ3n) is 2.89. The van der Waals surface area contributed by atoms with Gasteiger partial charge in [0, 0.05) is 12.2 Å². The molecule has 0 spiro atoms. The lowest BCUT2D eigenvalue weighted by Gasteiger charge is -2.05. The third-order valence-corrected chi connectivity index (χ3v) is 2.89. The van der Waals surface area contributed by atoms with Crippen LogP contribution >= 0.6 is 0 Å². The lowest BCUT2D eigenvalue weighted by molar-refractivity contribution is 0.0944. The van der Waals surface area contributed by atoms with Gasteiger partial charge in [-0.2, -0.15) is 5.10 Å². The first-order valence-electron chi connectivity index (χ1n) is 6.33. The highest BCUT2D eigenvalue weighted by molar-refractivity contribution is 5.92. The van der Waals surface area contributed by atoms with Crippen molar-refractivity contribution in [2.24, 2.45) is 0 Å². The Hall–Kier alpha value is -2.30. The van der Waals surface area contributed by atoms with E-state index in [0.717, 1.165) is 18.6 Å². The fraction of sp³-hybridized carbons (Fsp3) is 0.286. The van der Waals surface area contributed by atoms with Crippen LogP contribution in [0.1, 0.15) is 23.3 Å². The summed E-state index contributed by atoms with van der Waals surface area (Å²) in [6, 6.07) is 11.6. The molecule has 0 atom stereocenters. The number of rotatable bonds is 5. The quantitative estimate of drug-likeness (QED) is 0.888. The van der Waals surface area contributed by atoms with Gasteiger partial charge in [0.25, 0.3) is 5.91 Å². The summed E-state index contributed by atoms with van der Waals surface area (Å²) in [7, 11) is 0. The minimum Gasteiger partial charge on any atom is -0.471 e. The van der Waals surface area contributed by atoms with Crippen molar-refractivity contribution in [2.45, 2.75) is 25.6 Å². The van der Waals surface area contributed by atoms with Crippen LogP contribution in [-0.4, -0.2) is 21.7 Å². The van der Waals surface area contributed by atoms with Crippen molar-refractivity contribution < 1.29 is 9.53 Å². The molecule has 1 N–H and O–H groups in total. The Morgan fingerprint density at radius 3 is 2.84 bits per heavy atom. The average molecular weight is 257 g/mol. The summed E-state index contributed by atoms with van der Waals surface area (Å²) in [5.41, 5.74) is 0.434. The van der Waals surface area contributed by atoms with Crippen molar-refractivity contribution in [1.29, 1.82) is 0 Å². The summed E-state index contributed by atoms with van der Waals surface area (Å²) >= 11 is 0. The number of nitrogens with zero attached hydrogens (tertiary/aromatic N) is 2. The number of ether oxygens (including phenoxy) is 1. The van der Waals surface area contributed by atoms with E-state index in [1.807, 2.05) is 30.3 Å². The molecule has 1 fully saturated rings. The largest absolute Gasteiger partial charge is 0.471 e. The van der Waals surface area contributed by atoms with Gasteiger partial charge in [-0.15, -0.1) is 0 Å². The van der Waals surface area contributed by atoms with Crippen molar-refractivity contribution >= 4 is 5.91 Å². The molecule has 1 amide bonds. The Kier molecular flexibility index (Phi) is 3.18. The van der Waals surface area contributed by atoms with E-state index in [2.05, 4.69) is 10.4 Å². The molecule has 98 valence electrons. The van der Waals surface area contributed by atoms with E-state index in [0.29, 0.717) is 18.5 Å². The Morgan fingerprint density at radius 1 is 1.32 bits per heavy atom. The fourth-order valence-electron chi connectivity index (χ4n) is 1.70. The van der Waals surface area contributed by atoms with Crippen LogP contribution in [0.5, 0.6) is 5.75 Å². The van der Waals surface area contributed by atoms with Crippen molar-refractivity contribution in [1.82, 2.24) is 15.1 Å². The zero-order chi connectivity index (χ0) is 13.1. The highest BCUT2D eigenvalue weighted by Crippen LogP contribution is 2.19. The van der Waals surface area contributed by atoms with Gasteiger partial charge >= 0.3 is 0 Å². The number of nitrogens with one attached hydrogen (secondary N) is 1. The molecule has 1 aliphatic rings. The van der Waals surface area contributed by atoms with Crippen molar-refractivity contribution in [3.8, 4) is 5.75 Å². The van der Waals surface area contributed by atoms with Gasteiger partial charge in [-0.05, 0) is 31.0 Å². The second-order valence-electron chi connectivity index (χ2n) is 4.57. The first-order chi connectivity index (χ1) is 9.31. The van der Waals surface area contributed by atoms with Crippen LogP contribution < -0.4 is 10.1 Å². The van der Waals surface area contributed by atoms with Gasteiger partial charge < -0.3 is 10.1 Å². The van der Waals surface area contributed by atoms with Crippen LogP contribution in [-0.2, 0) is 6.73 Å². The van der Waals surface area contributed by atoms with Crippen LogP contribution in [0.3, 0.4) is 0 Å². The Balaban J connectivity index is 1.57. The molecule has 0 aliphatic heterocycles. The third kappa shape index (κ3) is 3.13. The molecule has 2 aromatic rings. The number of aromatic nitrogens is 2. The molecule has 5 nitrogen and oxygen atoms in total. The van der Waals surface area contributed by atoms with Crippen LogP contribution in [0.2, 0.25) is 0 Å². The summed E-state index contributed by atoms with van der Waals surface area (Å²) in [6.07, 6.45) is 3.89. The number of para-hydroxylation sites is 1. The van der Waals surface area contributed by atoms with E-state index >= 15 is 0 Å². The molecule has 0 unspecified atom stereocenters. The molecule has 0 radical (unpaired) electrons. The molecule has 1 aromatic heterocycles. The number of amides is 1. The standard InChI is InChI=1S/C14H15N3O2/c18-14(15-11-6-7-11)13-8-9-17(16-13)10-19-12-4-2-1-3-5-12/h1-5,8-9,11H,6-7,10H2,(H,15,18). The molecule has 0 saturated heterocycles. The topological polar surface area (TPSA) is 56.2 Å². The number of hydrogen-bond donors (Lipinski definition) is 1. The highest BCUT2D eigenvalue weighted by Gasteiger charge is 2.24. The average Bonchev–Trinajstić information content (AvgIpc) is 3.12. The number of carbonyl (C=O) groups is 1. The Labute approximate surface area is 111 Å². The van der Waals surface area contributed by atoms with Crippen LogP contribution in [0, 0.1) is 0 Å². The predicted molar refractivity (Wildman–Crippen MR) is 69.8 cm³/mol. The smallest absolute Gasteiger partial charge is 0.271 e. The maximum Gasteiger partial charge on any atom is 0.271 e. The van der Waals surface area contributed by atoms with Crippen molar-refractivity contribution in [3.63, 3.8) is 0 Å². The summed E-state index contributed by atoms with van der Waals surface area (Å²) < 4.78 is 7.15. The first-order valence-corrected chi connectivity index (χ1v) is 6.33. The normalized spacial score (nSPS) is 14.1. The molecular weight excluding hydrogens is 242 g/mol. The Bertz CT molecular complexity index is 561. The molecular formula is C14H15N3O2. The van der Waals surface area contributed by atoms with Gasteiger partial charge in [0.05, 0.1) is 0 Å². The second kappa shape index (κ2) is 5.14. The molecule has 5 heteroatoms. The molecule has 1 aromatic carbocycles. The molecule has 1 saturated carbocycles. The van der Waals surface area contributed by atoms with Gasteiger partial charge in [-0.1, -0.05) is 18.2 Å². The summed E-state index contributed by atoms with van der Waals surface area (Å²) in [5.74, 6) is 0.669. The summed E-state index contributed by atoms with van der Waals surface area (Å²) in [6.45, 7) is 0.292. The second-order valence-corrected chi connectivity index (χ2v) is 4.57. The first kappa shape index (κ1) is 11.8. The van der Waals surface area contributed by atoms with Crippen molar-refractivity contribution in [3.05, 3.63) is 48.3 Å². The van der Waals surface area contributed by atoms with Crippen LogP contribution in [0.4, 0.5) is 0 Å². The van der Waals surface area contributed by atoms with E-state index in [9.17, 15) is 4.79 Å². The SMILES string of the molecule is O=C(NC1CC1)c1ccn(COc2ccccc2)n1. The van der Waals surface area contributed by atoms with Gasteiger partial charge in [-0.25, -0.2) is 4.68 Å². The van der Waals surface area contributed by atoms with E-state index in [1.54, 1.807) is 16.9 Å². The van der Waals surface area contributed by atoms with Crippen molar-refractivity contribution in [2.75, 3.05) is 0 Å². The molecule has 0 bridgehead atoms. The van der Waals surface area contributed by atoms with Crippen LogP contribution in [0.15, 0.2) is 42.6 Å². The van der Waals surface area contributed by atoms with Gasteiger partial charge in [0.15, 0.2) is 6.73 Å². The van der Waals surface area contributed by atoms with Gasteiger partial charge in [0.1, 0.15) is 11.4 Å². The van der Waals surface area contributed by atoms with E-state index in [4.69, 9.17) is 4.74 Å². The minimum absolute atomic E-state index is 0.110. The maximum atomic E-state index is 11.8. The number of benzene rings is 1. The molecule has 19 heavy (non-hydrogen) atoms. The molecule has 1 aliphatic carbocycles. The number of carbonyl (C=O) groups excluding carboxylic acids is 1. The molecule has 1 heterocycles. The minimum atomic E-state index is -0.110. The summed E-state index contributed by atoms with van der Waals surface area (Å²) in [4.78, 5) is 11.8. The van der Waals surface area contributed by atoms with Gasteiger partial charge in [0.2, 0.25) is 0 Å². The maximum absolute atomic E-state index is 11.8. The van der Waals surface area contributed by atoms with E-state index in [1.165, 1.54) is 0 Å². The zero-order valence-corrected chi connectivity index (χ0v) is 10.5. The van der Waals surface area contributed by atoms with E-state index < -0.39 is 0 Å². The zero-order valence-electron chi connectivity index (χ0n) is 10.5. The lowest BCUT2D eigenvalue weighted by atomic mass is 10.3.